The van der Waals surface area contributed by atoms with Crippen molar-refractivity contribution >= 4 is 22.7 Å². The Labute approximate surface area is 248 Å². The van der Waals surface area contributed by atoms with E-state index in [0.29, 0.717) is 24.5 Å². The van der Waals surface area contributed by atoms with Crippen LogP contribution < -0.4 is 5.32 Å². The van der Waals surface area contributed by atoms with Crippen LogP contribution in [-0.4, -0.2) is 49.5 Å². The number of amides is 1. The maximum atomic E-state index is 13.9. The molecule has 8 heteroatoms. The molecule has 2 atom stereocenters. The molecule has 2 aromatic rings. The van der Waals surface area contributed by atoms with Crippen LogP contribution in [0.5, 0.6) is 0 Å². The molecule has 1 aromatic heterocycles. The van der Waals surface area contributed by atoms with E-state index in [4.69, 9.17) is 9.72 Å². The largest absolute Gasteiger partial charge is 0.381 e. The second kappa shape index (κ2) is 12.7. The van der Waals surface area contributed by atoms with Crippen LogP contribution in [0.2, 0.25) is 0 Å². The van der Waals surface area contributed by atoms with Gasteiger partial charge in [0.1, 0.15) is 0 Å². The maximum absolute atomic E-state index is 13.9. The molecule has 0 bridgehead atoms. The Balaban J connectivity index is 1.19. The fraction of sp³-hybridized carbons (Fsp3) is 0.606. The summed E-state index contributed by atoms with van der Waals surface area (Å²) in [4.78, 5) is 26.3. The van der Waals surface area contributed by atoms with E-state index in [9.17, 15) is 9.00 Å². The van der Waals surface area contributed by atoms with Gasteiger partial charge in [0.25, 0.3) is 0 Å². The minimum atomic E-state index is -0.974. The van der Waals surface area contributed by atoms with Crippen molar-refractivity contribution in [1.29, 1.82) is 0 Å². The summed E-state index contributed by atoms with van der Waals surface area (Å²) in [6, 6.07) is 8.43. The number of anilines is 1. The molecule has 1 aromatic carbocycles. The highest BCUT2D eigenvalue weighted by Gasteiger charge is 2.43. The predicted molar refractivity (Wildman–Crippen MR) is 164 cm³/mol. The lowest BCUT2D eigenvalue weighted by atomic mass is 9.80. The summed E-state index contributed by atoms with van der Waals surface area (Å²) in [5.41, 5.74) is 3.68. The van der Waals surface area contributed by atoms with Gasteiger partial charge in [-0.05, 0) is 84.3 Å². The van der Waals surface area contributed by atoms with Gasteiger partial charge in [-0.15, -0.1) is 0 Å². The van der Waals surface area contributed by atoms with E-state index in [2.05, 4.69) is 37.7 Å². The quantitative estimate of drug-likeness (QED) is 0.389. The van der Waals surface area contributed by atoms with Gasteiger partial charge in [-0.25, -0.2) is 9.97 Å². The number of fused-ring (bicyclic) bond motifs is 1. The highest BCUT2D eigenvalue weighted by molar-refractivity contribution is 7.85. The fourth-order valence-corrected chi connectivity index (χ4v) is 8.21. The van der Waals surface area contributed by atoms with Crippen molar-refractivity contribution in [3.63, 3.8) is 0 Å². The average Bonchev–Trinajstić information content (AvgIpc) is 3.22. The monoisotopic (exact) mass is 578 g/mol. The Morgan fingerprint density at radius 3 is 2.41 bits per heavy atom. The zero-order valence-electron chi connectivity index (χ0n) is 25.2. The van der Waals surface area contributed by atoms with Gasteiger partial charge in [0, 0.05) is 41.2 Å². The number of hydrogen-bond acceptors (Lipinski definition) is 6. The number of aryl methyl sites for hydroxylation is 1. The lowest BCUT2D eigenvalue weighted by Gasteiger charge is -2.36. The third kappa shape index (κ3) is 6.59. The molecule has 7 nitrogen and oxygen atoms in total. The van der Waals surface area contributed by atoms with Gasteiger partial charge >= 0.3 is 0 Å². The van der Waals surface area contributed by atoms with Crippen molar-refractivity contribution in [3.8, 4) is 0 Å². The fourth-order valence-electron chi connectivity index (χ4n) is 6.66. The molecule has 1 saturated carbocycles. The van der Waals surface area contributed by atoms with E-state index in [1.807, 2.05) is 42.3 Å². The minimum Gasteiger partial charge on any atom is -0.381 e. The van der Waals surface area contributed by atoms with E-state index in [-0.39, 0.29) is 17.1 Å². The van der Waals surface area contributed by atoms with Crippen molar-refractivity contribution in [1.82, 2.24) is 14.9 Å². The Hall–Kier alpha value is -2.58. The van der Waals surface area contributed by atoms with Crippen molar-refractivity contribution < 1.29 is 13.7 Å². The molecule has 1 saturated heterocycles. The molecule has 2 aliphatic heterocycles. The first kappa shape index (κ1) is 29.9. The summed E-state index contributed by atoms with van der Waals surface area (Å²) >= 11 is 0. The molecule has 41 heavy (non-hydrogen) atoms. The van der Waals surface area contributed by atoms with Crippen LogP contribution in [0, 0.1) is 18.8 Å². The predicted octanol–water partition coefficient (Wildman–Crippen LogP) is 6.29. The molecular weight excluding hydrogens is 532 g/mol. The third-order valence-electron chi connectivity index (χ3n) is 9.49. The number of benzene rings is 1. The molecule has 2 fully saturated rings. The molecule has 3 aliphatic rings. The number of ether oxygens (including phenoxy) is 1. The lowest BCUT2D eigenvalue weighted by Crippen LogP contribution is -2.43. The van der Waals surface area contributed by atoms with E-state index in [1.54, 1.807) is 0 Å². The van der Waals surface area contributed by atoms with Crippen LogP contribution in [0.1, 0.15) is 89.0 Å². The molecule has 2 unspecified atom stereocenters. The standard InChI is InChI=1S/C33H46N4O3S/c1-22-12-14-28(15-13-22)41(39)27-10-6-8-25(9-7-11-27)23(2)24(3)31(38)37-21-30-29(33(37,4)5)20-34-32(36-30)35-26-16-18-40-19-17-26/h12-15,20,24-27H,2,6-11,16-19,21H2,1,3-5H3,(H,34,35,36). The first-order valence-electron chi connectivity index (χ1n) is 15.3. The minimum absolute atomic E-state index is 0.109. The molecule has 1 aliphatic carbocycles. The SMILES string of the molecule is C=C(C1CCCC(S(=O)c2ccc(C)cc2)CCC1)C(C)C(=O)N1Cc2nc(NC3CCOCC3)ncc2C1(C)C. The van der Waals surface area contributed by atoms with Crippen LogP contribution in [0.25, 0.3) is 0 Å². The molecule has 5 rings (SSSR count). The molecule has 3 heterocycles. The van der Waals surface area contributed by atoms with Gasteiger partial charge in [0.05, 0.1) is 34.5 Å². The summed E-state index contributed by atoms with van der Waals surface area (Å²) in [6.07, 6.45) is 9.68. The normalized spacial score (nSPS) is 24.5. The molecule has 1 N–H and O–H groups in total. The van der Waals surface area contributed by atoms with Gasteiger partial charge in [-0.3, -0.25) is 9.00 Å². The Kier molecular flexibility index (Phi) is 9.29. The summed E-state index contributed by atoms with van der Waals surface area (Å²) in [6.45, 7) is 14.7. The first-order chi connectivity index (χ1) is 19.6. The molecular formula is C33H46N4O3S. The van der Waals surface area contributed by atoms with Gasteiger partial charge in [-0.2, -0.15) is 0 Å². The van der Waals surface area contributed by atoms with Crippen molar-refractivity contribution in [2.45, 2.75) is 107 Å². The Bertz CT molecular complexity index is 1260. The highest BCUT2D eigenvalue weighted by Crippen LogP contribution is 2.41. The number of aromatic nitrogens is 2. The topological polar surface area (TPSA) is 84.4 Å². The van der Waals surface area contributed by atoms with Crippen LogP contribution in [0.3, 0.4) is 0 Å². The zero-order valence-corrected chi connectivity index (χ0v) is 26.0. The summed E-state index contributed by atoms with van der Waals surface area (Å²) in [5, 5.41) is 3.66. The number of carbonyl (C=O) groups is 1. The number of hydrogen-bond donors (Lipinski definition) is 1. The summed E-state index contributed by atoms with van der Waals surface area (Å²) in [7, 11) is -0.974. The van der Waals surface area contributed by atoms with Crippen LogP contribution in [0.15, 0.2) is 47.5 Å². The highest BCUT2D eigenvalue weighted by atomic mass is 32.2. The smallest absolute Gasteiger partial charge is 0.230 e. The van der Waals surface area contributed by atoms with Crippen LogP contribution in [0.4, 0.5) is 5.95 Å². The van der Waals surface area contributed by atoms with Crippen molar-refractivity contribution in [2.24, 2.45) is 11.8 Å². The third-order valence-corrected chi connectivity index (χ3v) is 11.3. The molecule has 0 radical (unpaired) electrons. The molecule has 1 amide bonds. The Morgan fingerprint density at radius 1 is 1.10 bits per heavy atom. The second-order valence-corrected chi connectivity index (χ2v) is 14.4. The van der Waals surface area contributed by atoms with Crippen molar-refractivity contribution in [3.05, 3.63) is 59.4 Å². The number of nitrogens with zero attached hydrogens (tertiary/aromatic N) is 3. The first-order valence-corrected chi connectivity index (χ1v) is 16.5. The van der Waals surface area contributed by atoms with Gasteiger partial charge in [0.15, 0.2) is 0 Å². The number of nitrogens with one attached hydrogen (secondary N) is 1. The van der Waals surface area contributed by atoms with E-state index >= 15 is 0 Å². The summed E-state index contributed by atoms with van der Waals surface area (Å²) < 4.78 is 18.7. The lowest BCUT2D eigenvalue weighted by molar-refractivity contribution is -0.139. The van der Waals surface area contributed by atoms with Gasteiger partial charge in [-0.1, -0.05) is 42.7 Å². The number of carbonyl (C=O) groups excluding carboxylic acids is 1. The van der Waals surface area contributed by atoms with Gasteiger partial charge in [0.2, 0.25) is 11.9 Å². The maximum Gasteiger partial charge on any atom is 0.230 e. The van der Waals surface area contributed by atoms with E-state index in [0.717, 1.165) is 86.3 Å². The van der Waals surface area contributed by atoms with E-state index < -0.39 is 16.3 Å². The average molecular weight is 579 g/mol. The number of rotatable bonds is 7. The molecule has 0 spiro atoms. The summed E-state index contributed by atoms with van der Waals surface area (Å²) in [5.74, 6) is 0.788. The van der Waals surface area contributed by atoms with Crippen LogP contribution >= 0.6 is 0 Å². The van der Waals surface area contributed by atoms with Crippen LogP contribution in [-0.2, 0) is 32.4 Å². The zero-order chi connectivity index (χ0) is 29.1. The second-order valence-electron chi connectivity index (χ2n) is 12.7. The van der Waals surface area contributed by atoms with E-state index in [1.165, 1.54) is 5.56 Å². The Morgan fingerprint density at radius 2 is 1.76 bits per heavy atom. The van der Waals surface area contributed by atoms with Crippen molar-refractivity contribution in [2.75, 3.05) is 18.5 Å². The van der Waals surface area contributed by atoms with Gasteiger partial charge < -0.3 is 15.0 Å². The molecule has 222 valence electrons.